The van der Waals surface area contributed by atoms with Gasteiger partial charge in [0, 0.05) is 28.7 Å². The van der Waals surface area contributed by atoms with Crippen LogP contribution < -0.4 is 10.1 Å². The van der Waals surface area contributed by atoms with Crippen LogP contribution in [0.2, 0.25) is 0 Å². The van der Waals surface area contributed by atoms with E-state index in [0.717, 1.165) is 16.8 Å². The molecule has 0 spiro atoms. The Morgan fingerprint density at radius 3 is 1.84 bits per heavy atom. The van der Waals surface area contributed by atoms with E-state index in [4.69, 9.17) is 19.3 Å². The van der Waals surface area contributed by atoms with Crippen LogP contribution in [0.5, 0.6) is 5.75 Å². The number of esters is 2. The molecule has 45 heavy (non-hydrogen) atoms. The van der Waals surface area contributed by atoms with Crippen LogP contribution >= 0.6 is 0 Å². The minimum Gasteiger partial charge on any atom is -0.489 e. The Hall–Kier alpha value is -5.11. The molecule has 8 nitrogen and oxygen atoms in total. The minimum absolute atomic E-state index is 0.335. The number of dihydropyridines is 1. The van der Waals surface area contributed by atoms with Gasteiger partial charge in [-0.15, -0.1) is 0 Å². The highest BCUT2D eigenvalue weighted by Gasteiger charge is 2.41. The van der Waals surface area contributed by atoms with Gasteiger partial charge in [-0.25, -0.2) is 14.3 Å². The van der Waals surface area contributed by atoms with Gasteiger partial charge in [-0.3, -0.25) is 0 Å². The standard InChI is InChI=1S/C37H39N3O5/c1-23(2)44-36(41)32-25(5)38-26(6)33(37(42)45-24(3)4)34(32)31-21-40(29-15-11-8-12-16-29)39-35(31)28-17-19-30(20-18-28)43-22-27-13-9-7-10-14-27/h7-21,23-24,34,38H,22H2,1-6H3. The quantitative estimate of drug-likeness (QED) is 0.190. The molecule has 3 aromatic carbocycles. The summed E-state index contributed by atoms with van der Waals surface area (Å²) in [5, 5.41) is 8.25. The maximum atomic E-state index is 13.7. The molecule has 0 fully saturated rings. The number of para-hydroxylation sites is 1. The zero-order valence-corrected chi connectivity index (χ0v) is 26.5. The molecule has 0 aliphatic carbocycles. The van der Waals surface area contributed by atoms with Crippen molar-refractivity contribution in [2.45, 2.75) is 66.3 Å². The van der Waals surface area contributed by atoms with Crippen molar-refractivity contribution < 1.29 is 23.8 Å². The first kappa shape index (κ1) is 31.3. The Morgan fingerprint density at radius 2 is 1.31 bits per heavy atom. The first-order chi connectivity index (χ1) is 21.6. The van der Waals surface area contributed by atoms with Crippen LogP contribution in [0.1, 0.15) is 58.6 Å². The lowest BCUT2D eigenvalue weighted by Crippen LogP contribution is -2.33. The van der Waals surface area contributed by atoms with Gasteiger partial charge in [0.15, 0.2) is 0 Å². The molecule has 232 valence electrons. The molecule has 8 heteroatoms. The van der Waals surface area contributed by atoms with E-state index in [-0.39, 0.29) is 12.2 Å². The van der Waals surface area contributed by atoms with Crippen molar-refractivity contribution in [1.82, 2.24) is 15.1 Å². The Kier molecular flexibility index (Phi) is 9.52. The molecule has 2 heterocycles. The van der Waals surface area contributed by atoms with E-state index in [2.05, 4.69) is 5.32 Å². The Labute approximate surface area is 264 Å². The smallest absolute Gasteiger partial charge is 0.337 e. The average Bonchev–Trinajstić information content (AvgIpc) is 3.45. The van der Waals surface area contributed by atoms with Gasteiger partial charge in [0.2, 0.25) is 0 Å². The van der Waals surface area contributed by atoms with Gasteiger partial charge in [0.25, 0.3) is 0 Å². The number of ether oxygens (including phenoxy) is 3. The average molecular weight is 606 g/mol. The third-order valence-corrected chi connectivity index (χ3v) is 7.34. The van der Waals surface area contributed by atoms with Gasteiger partial charge in [-0.1, -0.05) is 48.5 Å². The van der Waals surface area contributed by atoms with Crippen molar-refractivity contribution in [3.05, 3.63) is 125 Å². The van der Waals surface area contributed by atoms with Crippen LogP contribution in [0.3, 0.4) is 0 Å². The molecular weight excluding hydrogens is 566 g/mol. The molecule has 1 N–H and O–H groups in total. The molecule has 0 amide bonds. The Bertz CT molecular complexity index is 1670. The van der Waals surface area contributed by atoms with Gasteiger partial charge in [0.05, 0.1) is 40.7 Å². The number of hydrogen-bond donors (Lipinski definition) is 1. The van der Waals surface area contributed by atoms with E-state index in [1.807, 2.05) is 105 Å². The lowest BCUT2D eigenvalue weighted by atomic mass is 9.79. The normalized spacial score (nSPS) is 13.7. The van der Waals surface area contributed by atoms with Crippen molar-refractivity contribution >= 4 is 11.9 Å². The van der Waals surface area contributed by atoms with Gasteiger partial charge in [-0.2, -0.15) is 5.10 Å². The van der Waals surface area contributed by atoms with Gasteiger partial charge in [0.1, 0.15) is 12.4 Å². The third kappa shape index (κ3) is 7.17. The number of nitrogens with zero attached hydrogens (tertiary/aromatic N) is 2. The summed E-state index contributed by atoms with van der Waals surface area (Å²) in [6.07, 6.45) is 1.17. The summed E-state index contributed by atoms with van der Waals surface area (Å²) in [7, 11) is 0. The van der Waals surface area contributed by atoms with E-state index in [1.54, 1.807) is 32.4 Å². The molecule has 0 radical (unpaired) electrons. The van der Waals surface area contributed by atoms with Crippen molar-refractivity contribution in [1.29, 1.82) is 0 Å². The molecule has 0 atom stereocenters. The number of hydrogen-bond acceptors (Lipinski definition) is 7. The highest BCUT2D eigenvalue weighted by Crippen LogP contribution is 2.43. The van der Waals surface area contributed by atoms with Gasteiger partial charge >= 0.3 is 11.9 Å². The molecule has 0 saturated carbocycles. The largest absolute Gasteiger partial charge is 0.489 e. The summed E-state index contributed by atoms with van der Waals surface area (Å²) >= 11 is 0. The van der Waals surface area contributed by atoms with Crippen LogP contribution in [0.25, 0.3) is 16.9 Å². The zero-order chi connectivity index (χ0) is 32.1. The van der Waals surface area contributed by atoms with Gasteiger partial charge < -0.3 is 19.5 Å². The molecule has 4 aromatic rings. The zero-order valence-electron chi connectivity index (χ0n) is 26.5. The topological polar surface area (TPSA) is 91.7 Å². The molecular formula is C37H39N3O5. The van der Waals surface area contributed by atoms with Crippen LogP contribution in [0, 0.1) is 0 Å². The third-order valence-electron chi connectivity index (χ3n) is 7.34. The van der Waals surface area contributed by atoms with Crippen molar-refractivity contribution in [2.75, 3.05) is 0 Å². The van der Waals surface area contributed by atoms with E-state index >= 15 is 0 Å². The highest BCUT2D eigenvalue weighted by atomic mass is 16.5. The SMILES string of the molecule is CC1=C(C(=O)OC(C)C)C(c2cn(-c3ccccc3)nc2-c2ccc(OCc3ccccc3)cc2)C(C(=O)OC(C)C)=C(C)N1. The fraction of sp³-hybridized carbons (Fsp3) is 0.270. The maximum absolute atomic E-state index is 13.7. The summed E-state index contributed by atoms with van der Waals surface area (Å²) in [6.45, 7) is 11.3. The number of rotatable bonds is 10. The fourth-order valence-corrected chi connectivity index (χ4v) is 5.39. The predicted octanol–water partition coefficient (Wildman–Crippen LogP) is 7.26. The first-order valence-corrected chi connectivity index (χ1v) is 15.1. The second-order valence-electron chi connectivity index (χ2n) is 11.6. The summed E-state index contributed by atoms with van der Waals surface area (Å²) in [4.78, 5) is 27.4. The van der Waals surface area contributed by atoms with Crippen LogP contribution in [0.4, 0.5) is 0 Å². The monoisotopic (exact) mass is 605 g/mol. The molecule has 0 bridgehead atoms. The number of benzene rings is 3. The number of allylic oxidation sites excluding steroid dienone is 2. The van der Waals surface area contributed by atoms with Crippen LogP contribution in [0.15, 0.2) is 114 Å². The Balaban J connectivity index is 1.64. The number of carbonyl (C=O) groups excluding carboxylic acids is 2. The van der Waals surface area contributed by atoms with E-state index in [0.29, 0.717) is 46.2 Å². The second-order valence-corrected chi connectivity index (χ2v) is 11.6. The molecule has 1 aliphatic heterocycles. The molecule has 0 saturated heterocycles. The fourth-order valence-electron chi connectivity index (χ4n) is 5.39. The lowest BCUT2D eigenvalue weighted by molar-refractivity contribution is -0.143. The van der Waals surface area contributed by atoms with Crippen LogP contribution in [-0.2, 0) is 25.7 Å². The lowest BCUT2D eigenvalue weighted by Gasteiger charge is -2.31. The van der Waals surface area contributed by atoms with Gasteiger partial charge in [-0.05, 0) is 83.5 Å². The number of aromatic nitrogens is 2. The summed E-state index contributed by atoms with van der Waals surface area (Å²) in [6, 6.07) is 27.4. The highest BCUT2D eigenvalue weighted by molar-refractivity contribution is 6.00. The maximum Gasteiger partial charge on any atom is 0.337 e. The molecule has 1 aromatic heterocycles. The molecule has 5 rings (SSSR count). The summed E-state index contributed by atoms with van der Waals surface area (Å²) < 4.78 is 19.2. The Morgan fingerprint density at radius 1 is 0.778 bits per heavy atom. The van der Waals surface area contributed by atoms with E-state index in [9.17, 15) is 9.59 Å². The van der Waals surface area contributed by atoms with E-state index < -0.39 is 17.9 Å². The predicted molar refractivity (Wildman–Crippen MR) is 174 cm³/mol. The molecule has 1 aliphatic rings. The van der Waals surface area contributed by atoms with Crippen molar-refractivity contribution in [3.63, 3.8) is 0 Å². The van der Waals surface area contributed by atoms with Crippen molar-refractivity contribution in [3.8, 4) is 22.7 Å². The molecule has 0 unspecified atom stereocenters. The second kappa shape index (κ2) is 13.7. The van der Waals surface area contributed by atoms with Crippen LogP contribution in [-0.4, -0.2) is 33.9 Å². The van der Waals surface area contributed by atoms with Crippen molar-refractivity contribution in [2.24, 2.45) is 0 Å². The minimum atomic E-state index is -0.801. The summed E-state index contributed by atoms with van der Waals surface area (Å²) in [5.41, 5.74) is 5.87. The number of nitrogens with one attached hydrogen (secondary N) is 1. The first-order valence-electron chi connectivity index (χ1n) is 15.1. The number of carbonyl (C=O) groups is 2. The van der Waals surface area contributed by atoms with E-state index in [1.165, 1.54) is 0 Å². The summed E-state index contributed by atoms with van der Waals surface area (Å²) in [5.74, 6) is -1.11.